The molecule has 0 amide bonds. The van der Waals surface area contributed by atoms with Crippen molar-refractivity contribution in [3.63, 3.8) is 0 Å². The van der Waals surface area contributed by atoms with E-state index in [1.165, 1.54) is 0 Å². The average Bonchev–Trinajstić information content (AvgIpc) is 3.12. The molecule has 9 heteroatoms. The highest BCUT2D eigenvalue weighted by Crippen LogP contribution is 2.39. The van der Waals surface area contributed by atoms with Crippen LogP contribution in [0.4, 0.5) is 10.2 Å². The second kappa shape index (κ2) is 8.21. The largest absolute Gasteiger partial charge is 0.386 e. The van der Waals surface area contributed by atoms with Gasteiger partial charge in [-0.15, -0.1) is 0 Å². The highest BCUT2D eigenvalue weighted by molar-refractivity contribution is 5.82. The maximum absolute atomic E-state index is 15.6. The van der Waals surface area contributed by atoms with Crippen LogP contribution in [-0.2, 0) is 4.74 Å². The summed E-state index contributed by atoms with van der Waals surface area (Å²) in [6.07, 6.45) is 0.909. The first-order valence-electron chi connectivity index (χ1n) is 12.5. The molecular weight excluding hydrogens is 447 g/mol. The third-order valence-electron chi connectivity index (χ3n) is 7.80. The smallest absolute Gasteiger partial charge is 0.159 e. The van der Waals surface area contributed by atoms with Gasteiger partial charge in [-0.2, -0.15) is 5.10 Å². The van der Waals surface area contributed by atoms with Gasteiger partial charge in [0.25, 0.3) is 0 Å². The third kappa shape index (κ3) is 3.99. The van der Waals surface area contributed by atoms with E-state index in [2.05, 4.69) is 45.9 Å². The van der Waals surface area contributed by atoms with Crippen molar-refractivity contribution in [3.8, 4) is 5.82 Å². The molecule has 0 spiro atoms. The second-order valence-corrected chi connectivity index (χ2v) is 11.0. The normalized spacial score (nSPS) is 27.1. The topological polar surface area (TPSA) is 79.5 Å². The fraction of sp³-hybridized carbons (Fsp3) is 0.577. The van der Waals surface area contributed by atoms with Crippen LogP contribution >= 0.6 is 0 Å². The lowest BCUT2D eigenvalue weighted by Crippen LogP contribution is -2.60. The number of likely N-dealkylation sites (tertiary alicyclic amines) is 1. The maximum Gasteiger partial charge on any atom is 0.159 e. The fourth-order valence-corrected chi connectivity index (χ4v) is 5.98. The molecular formula is C26H33FN6O2. The second-order valence-electron chi connectivity index (χ2n) is 11.0. The summed E-state index contributed by atoms with van der Waals surface area (Å²) in [6, 6.07) is 6.49. The molecule has 3 saturated heterocycles. The van der Waals surface area contributed by atoms with Crippen molar-refractivity contribution in [3.05, 3.63) is 41.3 Å². The molecule has 186 valence electrons. The Hall–Kier alpha value is -2.62. The summed E-state index contributed by atoms with van der Waals surface area (Å²) in [5.74, 6) is 2.13. The van der Waals surface area contributed by atoms with Crippen molar-refractivity contribution in [1.29, 1.82) is 0 Å². The lowest BCUT2D eigenvalue weighted by atomic mass is 9.78. The number of hydrogen-bond donors (Lipinski definition) is 1. The van der Waals surface area contributed by atoms with Gasteiger partial charge in [0, 0.05) is 43.5 Å². The third-order valence-corrected chi connectivity index (χ3v) is 7.80. The molecule has 0 radical (unpaired) electrons. The standard InChI is InChI=1S/C26H33FN6O2/c1-15-5-18-8-28-33(24-7-23(29-17(3)30-24)32-13-26(4,34)14-32)22(18)6-20(15)25-16(2)9-31(10-21(25)27)19-11-35-12-19/h5-8,16,19,21,25,34H,9-14H2,1-4H3/t16-,21?,25?/m1/s1. The van der Waals surface area contributed by atoms with Crippen molar-refractivity contribution in [1.82, 2.24) is 24.6 Å². The van der Waals surface area contributed by atoms with Crippen molar-refractivity contribution in [2.24, 2.45) is 5.92 Å². The predicted molar refractivity (Wildman–Crippen MR) is 132 cm³/mol. The Bertz CT molecular complexity index is 1250. The number of fused-ring (bicyclic) bond motifs is 1. The molecule has 6 rings (SSSR count). The molecule has 35 heavy (non-hydrogen) atoms. The van der Waals surface area contributed by atoms with Gasteiger partial charge in [-0.3, -0.25) is 4.90 Å². The Labute approximate surface area is 204 Å². The summed E-state index contributed by atoms with van der Waals surface area (Å²) >= 11 is 0. The van der Waals surface area contributed by atoms with Gasteiger partial charge in [-0.05, 0) is 49.9 Å². The Morgan fingerprint density at radius 3 is 2.49 bits per heavy atom. The van der Waals surface area contributed by atoms with Crippen molar-refractivity contribution < 1.29 is 14.2 Å². The number of aryl methyl sites for hydroxylation is 2. The fourth-order valence-electron chi connectivity index (χ4n) is 5.98. The van der Waals surface area contributed by atoms with Crippen LogP contribution in [0.5, 0.6) is 0 Å². The molecule has 0 bridgehead atoms. The predicted octanol–water partition coefficient (Wildman–Crippen LogP) is 2.78. The summed E-state index contributed by atoms with van der Waals surface area (Å²) < 4.78 is 22.8. The van der Waals surface area contributed by atoms with Crippen LogP contribution in [0.15, 0.2) is 24.4 Å². The first-order valence-corrected chi connectivity index (χ1v) is 12.5. The monoisotopic (exact) mass is 480 g/mol. The van der Waals surface area contributed by atoms with Gasteiger partial charge in [0.2, 0.25) is 0 Å². The summed E-state index contributed by atoms with van der Waals surface area (Å²) in [5, 5.41) is 15.8. The highest BCUT2D eigenvalue weighted by Gasteiger charge is 2.41. The van der Waals surface area contributed by atoms with Crippen molar-refractivity contribution >= 4 is 16.7 Å². The summed E-state index contributed by atoms with van der Waals surface area (Å²) in [5.41, 5.74) is 2.37. The van der Waals surface area contributed by atoms with E-state index in [0.717, 1.165) is 34.4 Å². The SMILES string of the molecule is Cc1nc(N2CC(C)(O)C2)cc(-n2ncc3cc(C)c(C4C(F)CN(C5COC5)C[C@H]4C)cc32)n1. The molecule has 0 aliphatic carbocycles. The van der Waals surface area contributed by atoms with Crippen LogP contribution < -0.4 is 4.90 Å². The number of ether oxygens (including phenoxy) is 1. The minimum Gasteiger partial charge on any atom is -0.386 e. The number of rotatable bonds is 4. The molecule has 5 heterocycles. The number of nitrogens with zero attached hydrogens (tertiary/aromatic N) is 6. The van der Waals surface area contributed by atoms with E-state index in [-0.39, 0.29) is 11.8 Å². The Morgan fingerprint density at radius 2 is 1.83 bits per heavy atom. The minimum atomic E-state index is -0.932. The average molecular weight is 481 g/mol. The number of anilines is 1. The number of piperidine rings is 1. The van der Waals surface area contributed by atoms with Crippen LogP contribution in [0.25, 0.3) is 16.7 Å². The van der Waals surface area contributed by atoms with Crippen LogP contribution in [0.1, 0.15) is 36.7 Å². The number of hydrogen-bond acceptors (Lipinski definition) is 7. The van der Waals surface area contributed by atoms with Gasteiger partial charge in [-0.1, -0.05) is 6.92 Å². The minimum absolute atomic E-state index is 0.161. The number of alkyl halides is 1. The van der Waals surface area contributed by atoms with Crippen molar-refractivity contribution in [2.45, 2.75) is 51.4 Å². The van der Waals surface area contributed by atoms with Crippen LogP contribution in [0.3, 0.4) is 0 Å². The maximum atomic E-state index is 15.6. The first kappa shape index (κ1) is 22.8. The molecule has 8 nitrogen and oxygen atoms in total. The van der Waals surface area contributed by atoms with Gasteiger partial charge >= 0.3 is 0 Å². The Balaban J connectivity index is 1.35. The summed E-state index contributed by atoms with van der Waals surface area (Å²) in [6.45, 7) is 11.7. The molecule has 1 aromatic carbocycles. The zero-order valence-corrected chi connectivity index (χ0v) is 20.8. The molecule has 3 aliphatic rings. The van der Waals surface area contributed by atoms with Crippen LogP contribution in [0, 0.1) is 19.8 Å². The number of halogens is 1. The van der Waals surface area contributed by atoms with E-state index in [0.29, 0.717) is 50.5 Å². The molecule has 3 aromatic rings. The van der Waals surface area contributed by atoms with E-state index < -0.39 is 11.8 Å². The molecule has 3 aliphatic heterocycles. The van der Waals surface area contributed by atoms with E-state index in [4.69, 9.17) is 4.74 Å². The molecule has 3 fully saturated rings. The lowest BCUT2D eigenvalue weighted by Gasteiger charge is -2.46. The Morgan fingerprint density at radius 1 is 1.09 bits per heavy atom. The number of β-amino-alcohol motifs (C(OH)–C–C–N with tert-alkyl or cyclic N) is 1. The van der Waals surface area contributed by atoms with Crippen LogP contribution in [0.2, 0.25) is 0 Å². The van der Waals surface area contributed by atoms with Crippen molar-refractivity contribution in [2.75, 3.05) is 44.3 Å². The molecule has 3 atom stereocenters. The summed E-state index contributed by atoms with van der Waals surface area (Å²) in [4.78, 5) is 13.5. The van der Waals surface area contributed by atoms with E-state index in [9.17, 15) is 5.11 Å². The van der Waals surface area contributed by atoms with Gasteiger partial charge in [0.05, 0.1) is 36.6 Å². The van der Waals surface area contributed by atoms with Gasteiger partial charge in [0.1, 0.15) is 17.8 Å². The molecule has 1 N–H and O–H groups in total. The van der Waals surface area contributed by atoms with Gasteiger partial charge < -0.3 is 14.7 Å². The quantitative estimate of drug-likeness (QED) is 0.615. The van der Waals surface area contributed by atoms with E-state index in [1.807, 2.05) is 35.7 Å². The molecule has 2 aromatic heterocycles. The zero-order chi connectivity index (χ0) is 24.5. The lowest BCUT2D eigenvalue weighted by molar-refractivity contribution is -0.0887. The van der Waals surface area contributed by atoms with E-state index in [1.54, 1.807) is 0 Å². The number of benzene rings is 1. The van der Waals surface area contributed by atoms with Gasteiger partial charge in [-0.25, -0.2) is 19.0 Å². The molecule has 0 saturated carbocycles. The Kier molecular flexibility index (Phi) is 5.36. The zero-order valence-electron chi connectivity index (χ0n) is 20.8. The van der Waals surface area contributed by atoms with E-state index >= 15 is 4.39 Å². The number of aromatic nitrogens is 4. The first-order chi connectivity index (χ1) is 16.7. The summed E-state index contributed by atoms with van der Waals surface area (Å²) in [7, 11) is 0. The highest BCUT2D eigenvalue weighted by atomic mass is 19.1. The molecule has 2 unspecified atom stereocenters. The van der Waals surface area contributed by atoms with Crippen LogP contribution in [-0.4, -0.2) is 87.0 Å². The number of aliphatic hydroxyl groups is 1. The van der Waals surface area contributed by atoms with Gasteiger partial charge in [0.15, 0.2) is 5.82 Å².